The number of amides is 2. The highest BCUT2D eigenvalue weighted by Gasteiger charge is 2.29. The fourth-order valence-electron chi connectivity index (χ4n) is 3.30. The first-order chi connectivity index (χ1) is 12.9. The standard InChI is InChI=1S/C20H30N2O5/c1-13(2)10-15(20(24)22-8-6-7-9-22)21-19(23)14-11-16(25-3)18(27-5)17(12-14)26-4/h11-13,15H,6-10H2,1-5H3,(H,21,23)/t15-/m0/s1. The molecule has 1 atom stereocenters. The van der Waals surface area contributed by atoms with Crippen molar-refractivity contribution < 1.29 is 23.8 Å². The Balaban J connectivity index is 2.24. The van der Waals surface area contributed by atoms with Gasteiger partial charge in [-0.15, -0.1) is 0 Å². The molecule has 0 spiro atoms. The quantitative estimate of drug-likeness (QED) is 0.752. The highest BCUT2D eigenvalue weighted by Crippen LogP contribution is 2.38. The summed E-state index contributed by atoms with van der Waals surface area (Å²) in [7, 11) is 4.50. The van der Waals surface area contributed by atoms with Crippen LogP contribution in [0.25, 0.3) is 0 Å². The largest absolute Gasteiger partial charge is 0.493 e. The summed E-state index contributed by atoms with van der Waals surface area (Å²) in [4.78, 5) is 27.5. The van der Waals surface area contributed by atoms with Crippen LogP contribution in [0.4, 0.5) is 0 Å². The van der Waals surface area contributed by atoms with E-state index in [9.17, 15) is 9.59 Å². The number of ether oxygens (including phenoxy) is 3. The summed E-state index contributed by atoms with van der Waals surface area (Å²) in [6, 6.07) is 2.63. The number of likely N-dealkylation sites (tertiary alicyclic amines) is 1. The van der Waals surface area contributed by atoms with Crippen molar-refractivity contribution in [2.75, 3.05) is 34.4 Å². The summed E-state index contributed by atoms with van der Waals surface area (Å²) < 4.78 is 15.9. The summed E-state index contributed by atoms with van der Waals surface area (Å²) in [5.41, 5.74) is 0.354. The highest BCUT2D eigenvalue weighted by molar-refractivity contribution is 5.98. The lowest BCUT2D eigenvalue weighted by atomic mass is 10.0. The number of carbonyl (C=O) groups excluding carboxylic acids is 2. The SMILES string of the molecule is COc1cc(C(=O)N[C@@H](CC(C)C)C(=O)N2CCCC2)cc(OC)c1OC. The van der Waals surface area contributed by atoms with Gasteiger partial charge in [0.15, 0.2) is 11.5 Å². The molecule has 0 bridgehead atoms. The van der Waals surface area contributed by atoms with Crippen molar-refractivity contribution in [2.24, 2.45) is 5.92 Å². The van der Waals surface area contributed by atoms with Crippen LogP contribution in [0.15, 0.2) is 12.1 Å². The molecule has 0 unspecified atom stereocenters. The van der Waals surface area contributed by atoms with E-state index in [1.54, 1.807) is 12.1 Å². The van der Waals surface area contributed by atoms with Gasteiger partial charge in [-0.05, 0) is 37.3 Å². The molecule has 7 heteroatoms. The van der Waals surface area contributed by atoms with Crippen molar-refractivity contribution in [3.63, 3.8) is 0 Å². The molecular formula is C20H30N2O5. The van der Waals surface area contributed by atoms with E-state index in [1.807, 2.05) is 18.7 Å². The van der Waals surface area contributed by atoms with Crippen molar-refractivity contribution in [3.8, 4) is 17.2 Å². The molecule has 2 rings (SSSR count). The van der Waals surface area contributed by atoms with Gasteiger partial charge in [-0.25, -0.2) is 0 Å². The molecule has 1 heterocycles. The van der Waals surface area contributed by atoms with Gasteiger partial charge in [0.1, 0.15) is 6.04 Å². The Kier molecular flexibility index (Phi) is 7.33. The van der Waals surface area contributed by atoms with Gasteiger partial charge in [-0.1, -0.05) is 13.8 Å². The van der Waals surface area contributed by atoms with Crippen LogP contribution in [0.5, 0.6) is 17.2 Å². The van der Waals surface area contributed by atoms with E-state index in [2.05, 4.69) is 5.32 Å². The minimum Gasteiger partial charge on any atom is -0.493 e. The highest BCUT2D eigenvalue weighted by atomic mass is 16.5. The summed E-state index contributed by atoms with van der Waals surface area (Å²) in [6.45, 7) is 5.59. The first-order valence-electron chi connectivity index (χ1n) is 9.30. The molecular weight excluding hydrogens is 348 g/mol. The minimum absolute atomic E-state index is 0.0120. The molecule has 1 aliphatic rings. The van der Waals surface area contributed by atoms with Crippen molar-refractivity contribution >= 4 is 11.8 Å². The Labute approximate surface area is 161 Å². The van der Waals surface area contributed by atoms with E-state index >= 15 is 0 Å². The van der Waals surface area contributed by atoms with E-state index in [0.717, 1.165) is 25.9 Å². The van der Waals surface area contributed by atoms with Crippen LogP contribution in [-0.4, -0.2) is 57.2 Å². The maximum atomic E-state index is 12.9. The molecule has 0 saturated carbocycles. The average Bonchev–Trinajstić information content (AvgIpc) is 3.19. The van der Waals surface area contributed by atoms with Crippen LogP contribution >= 0.6 is 0 Å². The number of hydrogen-bond donors (Lipinski definition) is 1. The second-order valence-electron chi connectivity index (χ2n) is 7.10. The Hall–Kier alpha value is -2.44. The van der Waals surface area contributed by atoms with Gasteiger partial charge in [-0.3, -0.25) is 9.59 Å². The third-order valence-electron chi connectivity index (χ3n) is 4.66. The maximum absolute atomic E-state index is 12.9. The van der Waals surface area contributed by atoms with Crippen LogP contribution in [0.1, 0.15) is 43.5 Å². The van der Waals surface area contributed by atoms with Crippen LogP contribution in [0.3, 0.4) is 0 Å². The van der Waals surface area contributed by atoms with Gasteiger partial charge in [0, 0.05) is 18.7 Å². The lowest BCUT2D eigenvalue weighted by molar-refractivity contribution is -0.132. The second-order valence-corrected chi connectivity index (χ2v) is 7.10. The van der Waals surface area contributed by atoms with E-state index < -0.39 is 6.04 Å². The summed E-state index contributed by atoms with van der Waals surface area (Å²) in [5, 5.41) is 2.90. The molecule has 2 amide bonds. The first-order valence-corrected chi connectivity index (χ1v) is 9.30. The zero-order valence-corrected chi connectivity index (χ0v) is 16.8. The molecule has 0 aromatic heterocycles. The predicted molar refractivity (Wildman–Crippen MR) is 103 cm³/mol. The molecule has 1 aromatic rings. The topological polar surface area (TPSA) is 77.1 Å². The number of rotatable bonds is 8. The number of hydrogen-bond acceptors (Lipinski definition) is 5. The average molecular weight is 378 g/mol. The van der Waals surface area contributed by atoms with Crippen LogP contribution < -0.4 is 19.5 Å². The number of benzene rings is 1. The molecule has 7 nitrogen and oxygen atoms in total. The fraction of sp³-hybridized carbons (Fsp3) is 0.600. The van der Waals surface area contributed by atoms with Gasteiger partial charge >= 0.3 is 0 Å². The summed E-state index contributed by atoms with van der Waals surface area (Å²) >= 11 is 0. The number of nitrogens with zero attached hydrogens (tertiary/aromatic N) is 1. The van der Waals surface area contributed by atoms with E-state index in [1.165, 1.54) is 21.3 Å². The molecule has 1 fully saturated rings. The molecule has 0 radical (unpaired) electrons. The molecule has 1 aromatic carbocycles. The van der Waals surface area contributed by atoms with E-state index in [-0.39, 0.29) is 17.7 Å². The van der Waals surface area contributed by atoms with Crippen LogP contribution in [0, 0.1) is 5.92 Å². The van der Waals surface area contributed by atoms with Crippen LogP contribution in [0.2, 0.25) is 0 Å². The van der Waals surface area contributed by atoms with Gasteiger partial charge in [0.25, 0.3) is 5.91 Å². The Morgan fingerprint density at radius 1 is 1.04 bits per heavy atom. The van der Waals surface area contributed by atoms with Crippen molar-refractivity contribution in [2.45, 2.75) is 39.2 Å². The van der Waals surface area contributed by atoms with Crippen molar-refractivity contribution in [1.82, 2.24) is 10.2 Å². The number of carbonyl (C=O) groups is 2. The smallest absolute Gasteiger partial charge is 0.252 e. The number of nitrogens with one attached hydrogen (secondary N) is 1. The van der Waals surface area contributed by atoms with Crippen molar-refractivity contribution in [1.29, 1.82) is 0 Å². The van der Waals surface area contributed by atoms with Gasteiger partial charge in [0.2, 0.25) is 11.7 Å². The van der Waals surface area contributed by atoms with Gasteiger partial charge in [-0.2, -0.15) is 0 Å². The summed E-state index contributed by atoms with van der Waals surface area (Å²) in [6.07, 6.45) is 2.62. The van der Waals surface area contributed by atoms with E-state index in [0.29, 0.717) is 29.2 Å². The molecule has 27 heavy (non-hydrogen) atoms. The third-order valence-corrected chi connectivity index (χ3v) is 4.66. The zero-order chi connectivity index (χ0) is 20.0. The molecule has 1 N–H and O–H groups in total. The molecule has 1 aliphatic heterocycles. The van der Waals surface area contributed by atoms with Gasteiger partial charge in [0.05, 0.1) is 21.3 Å². The Morgan fingerprint density at radius 2 is 1.59 bits per heavy atom. The van der Waals surface area contributed by atoms with Crippen molar-refractivity contribution in [3.05, 3.63) is 17.7 Å². The lowest BCUT2D eigenvalue weighted by Gasteiger charge is -2.25. The Morgan fingerprint density at radius 3 is 2.04 bits per heavy atom. The van der Waals surface area contributed by atoms with Crippen LogP contribution in [-0.2, 0) is 4.79 Å². The van der Waals surface area contributed by atoms with Gasteiger partial charge < -0.3 is 24.4 Å². The van der Waals surface area contributed by atoms with E-state index in [4.69, 9.17) is 14.2 Å². The maximum Gasteiger partial charge on any atom is 0.252 e. The first kappa shape index (κ1) is 20.9. The third kappa shape index (κ3) is 5.05. The molecule has 150 valence electrons. The molecule has 1 saturated heterocycles. The zero-order valence-electron chi connectivity index (χ0n) is 16.8. The second kappa shape index (κ2) is 9.48. The predicted octanol–water partition coefficient (Wildman–Crippen LogP) is 2.48. The normalized spacial score (nSPS) is 14.8. The fourth-order valence-corrected chi connectivity index (χ4v) is 3.30. The monoisotopic (exact) mass is 378 g/mol. The molecule has 0 aliphatic carbocycles. The minimum atomic E-state index is -0.547. The number of methoxy groups -OCH3 is 3. The Bertz CT molecular complexity index is 643. The summed E-state index contributed by atoms with van der Waals surface area (Å²) in [5.74, 6) is 1.14. The lowest BCUT2D eigenvalue weighted by Crippen LogP contribution is -2.48.